The van der Waals surface area contributed by atoms with Gasteiger partial charge in [0.2, 0.25) is 0 Å². The minimum atomic E-state index is -0.123. The minimum Gasteiger partial charge on any atom is -0.349 e. The molecule has 1 amide bonds. The maximum atomic E-state index is 13.2. The first-order chi connectivity index (χ1) is 20.2. The van der Waals surface area contributed by atoms with Gasteiger partial charge < -0.3 is 5.32 Å². The van der Waals surface area contributed by atoms with Crippen LogP contribution in [0.5, 0.6) is 0 Å². The van der Waals surface area contributed by atoms with Gasteiger partial charge in [-0.25, -0.2) is 4.68 Å². The van der Waals surface area contributed by atoms with Crippen molar-refractivity contribution < 1.29 is 4.79 Å². The quantitative estimate of drug-likeness (QED) is 0.274. The van der Waals surface area contributed by atoms with E-state index in [1.165, 1.54) is 43.2 Å². The highest BCUT2D eigenvalue weighted by Crippen LogP contribution is 2.34. The summed E-state index contributed by atoms with van der Waals surface area (Å²) in [6.45, 7) is 6.60. The van der Waals surface area contributed by atoms with E-state index in [1.807, 2.05) is 41.1 Å². The topological polar surface area (TPSA) is 53.4 Å². The van der Waals surface area contributed by atoms with Crippen molar-refractivity contribution in [2.45, 2.75) is 44.6 Å². The van der Waals surface area contributed by atoms with Gasteiger partial charge in [-0.1, -0.05) is 92.1 Å². The van der Waals surface area contributed by atoms with E-state index in [1.54, 1.807) is 0 Å². The molecule has 3 aromatic carbocycles. The highest BCUT2D eigenvalue weighted by Gasteiger charge is 2.20. The number of carbonyl (C=O) groups is 1. The molecule has 41 heavy (non-hydrogen) atoms. The Morgan fingerprint density at radius 2 is 1.44 bits per heavy atom. The monoisotopic (exact) mass is 547 g/mol. The van der Waals surface area contributed by atoms with Gasteiger partial charge in [0.05, 0.1) is 11.4 Å². The molecule has 0 radical (unpaired) electrons. The van der Waals surface area contributed by atoms with Crippen molar-refractivity contribution in [3.63, 3.8) is 0 Å². The lowest BCUT2D eigenvalue weighted by atomic mass is 9.84. The van der Waals surface area contributed by atoms with Gasteiger partial charge in [-0.3, -0.25) is 14.6 Å². The van der Waals surface area contributed by atoms with Crippen LogP contribution in [0.1, 0.15) is 59.6 Å². The van der Waals surface area contributed by atoms with E-state index in [9.17, 15) is 4.79 Å². The Bertz CT molecular complexity index is 1390. The molecular formula is C35H41N5O. The van der Waals surface area contributed by atoms with Crippen LogP contribution in [0.3, 0.4) is 0 Å². The maximum absolute atomic E-state index is 13.2. The number of para-hydroxylation sites is 1. The first-order valence-electron chi connectivity index (χ1n) is 15.3. The molecule has 1 aliphatic heterocycles. The van der Waals surface area contributed by atoms with E-state index >= 15 is 0 Å². The Balaban J connectivity index is 1.08. The Kier molecular flexibility index (Phi) is 8.89. The van der Waals surface area contributed by atoms with Crippen molar-refractivity contribution in [1.82, 2.24) is 24.9 Å². The van der Waals surface area contributed by atoms with E-state index in [-0.39, 0.29) is 5.91 Å². The summed E-state index contributed by atoms with van der Waals surface area (Å²) in [7, 11) is 0. The summed E-state index contributed by atoms with van der Waals surface area (Å²) in [5.74, 6) is 0.549. The van der Waals surface area contributed by atoms with Crippen molar-refractivity contribution in [1.29, 1.82) is 0 Å². The fraction of sp³-hybridized carbons (Fsp3) is 0.371. The summed E-state index contributed by atoms with van der Waals surface area (Å²) in [6, 6.07) is 31.6. The molecule has 1 aliphatic carbocycles. The van der Waals surface area contributed by atoms with E-state index in [0.717, 1.165) is 56.2 Å². The van der Waals surface area contributed by atoms with Crippen LogP contribution in [0.25, 0.3) is 16.9 Å². The molecule has 0 atom stereocenters. The first-order valence-corrected chi connectivity index (χ1v) is 15.3. The van der Waals surface area contributed by atoms with Crippen LogP contribution in [0.15, 0.2) is 91.0 Å². The maximum Gasteiger partial charge on any atom is 0.271 e. The van der Waals surface area contributed by atoms with Gasteiger partial charge >= 0.3 is 0 Å². The number of aromatic nitrogens is 2. The van der Waals surface area contributed by atoms with Crippen LogP contribution in [-0.2, 0) is 6.54 Å². The average molecular weight is 548 g/mol. The van der Waals surface area contributed by atoms with Gasteiger partial charge in [0.15, 0.2) is 5.69 Å². The SMILES string of the molecule is O=C(NCCN1CCN(Cc2ccccc2)CC1)c1cc(-c2ccc(C3CCCCC3)cc2)n(-c2ccccc2)n1. The largest absolute Gasteiger partial charge is 0.349 e. The fourth-order valence-corrected chi connectivity index (χ4v) is 6.26. The molecule has 1 N–H and O–H groups in total. The molecule has 212 valence electrons. The summed E-state index contributed by atoms with van der Waals surface area (Å²) in [5, 5.41) is 7.89. The molecular weight excluding hydrogens is 506 g/mol. The smallest absolute Gasteiger partial charge is 0.271 e. The fourth-order valence-electron chi connectivity index (χ4n) is 6.26. The minimum absolute atomic E-state index is 0.123. The molecule has 6 heteroatoms. The van der Waals surface area contributed by atoms with E-state index in [4.69, 9.17) is 5.10 Å². The van der Waals surface area contributed by atoms with E-state index in [2.05, 4.69) is 69.7 Å². The van der Waals surface area contributed by atoms with E-state index < -0.39 is 0 Å². The van der Waals surface area contributed by atoms with Gasteiger partial charge in [-0.2, -0.15) is 5.10 Å². The average Bonchev–Trinajstić information content (AvgIpc) is 3.49. The van der Waals surface area contributed by atoms with Gasteiger partial charge in [0.25, 0.3) is 5.91 Å². The Labute approximate surface area is 244 Å². The zero-order chi connectivity index (χ0) is 27.9. The normalized spacial score (nSPS) is 17.0. The number of amides is 1. The Morgan fingerprint density at radius 1 is 0.780 bits per heavy atom. The molecule has 6 rings (SSSR count). The molecule has 6 nitrogen and oxygen atoms in total. The highest BCUT2D eigenvalue weighted by atomic mass is 16.1. The van der Waals surface area contributed by atoms with Crippen molar-refractivity contribution >= 4 is 5.91 Å². The summed E-state index contributed by atoms with van der Waals surface area (Å²) in [5.41, 5.74) is 6.21. The summed E-state index contributed by atoms with van der Waals surface area (Å²) >= 11 is 0. The molecule has 0 bridgehead atoms. The molecule has 2 heterocycles. The number of hydrogen-bond acceptors (Lipinski definition) is 4. The van der Waals surface area contributed by atoms with E-state index in [0.29, 0.717) is 18.2 Å². The van der Waals surface area contributed by atoms with Gasteiger partial charge in [-0.05, 0) is 48.1 Å². The predicted octanol–water partition coefficient (Wildman–Crippen LogP) is 6.13. The Hall–Kier alpha value is -3.74. The summed E-state index contributed by atoms with van der Waals surface area (Å²) in [4.78, 5) is 18.2. The van der Waals surface area contributed by atoms with Crippen LogP contribution in [0, 0.1) is 0 Å². The molecule has 2 fully saturated rings. The summed E-state index contributed by atoms with van der Waals surface area (Å²) < 4.78 is 1.90. The second-order valence-corrected chi connectivity index (χ2v) is 11.5. The second kappa shape index (κ2) is 13.3. The van der Waals surface area contributed by atoms with Gasteiger partial charge in [-0.15, -0.1) is 0 Å². The molecule has 4 aromatic rings. The zero-order valence-electron chi connectivity index (χ0n) is 23.9. The van der Waals surface area contributed by atoms with Crippen LogP contribution in [0.4, 0.5) is 0 Å². The van der Waals surface area contributed by atoms with Crippen LogP contribution in [0.2, 0.25) is 0 Å². The molecule has 0 unspecified atom stereocenters. The van der Waals surface area contributed by atoms with Crippen LogP contribution < -0.4 is 5.32 Å². The lowest BCUT2D eigenvalue weighted by Gasteiger charge is -2.34. The van der Waals surface area contributed by atoms with Gasteiger partial charge in [0.1, 0.15) is 0 Å². The predicted molar refractivity (Wildman–Crippen MR) is 165 cm³/mol. The lowest BCUT2D eigenvalue weighted by Crippen LogP contribution is -2.48. The number of benzene rings is 3. The van der Waals surface area contributed by atoms with Crippen molar-refractivity contribution in [3.8, 4) is 16.9 Å². The van der Waals surface area contributed by atoms with Crippen molar-refractivity contribution in [3.05, 3.63) is 108 Å². The summed E-state index contributed by atoms with van der Waals surface area (Å²) in [6.07, 6.45) is 6.59. The third kappa shape index (κ3) is 6.95. The lowest BCUT2D eigenvalue weighted by molar-refractivity contribution is 0.0929. The number of piperazine rings is 1. The number of carbonyl (C=O) groups excluding carboxylic acids is 1. The Morgan fingerprint density at radius 3 is 2.15 bits per heavy atom. The molecule has 1 saturated heterocycles. The standard InChI is InChI=1S/C35H41N5O/c41-35(36-20-21-38-22-24-39(25-23-38)27-28-10-4-1-5-11-28)33-26-34(40(37-33)32-14-8-3-9-15-32)31-18-16-30(17-19-31)29-12-6-2-7-13-29/h1,3-5,8-11,14-19,26,29H,2,6-7,12-13,20-25,27H2,(H,36,41). The molecule has 2 aliphatic rings. The van der Waals surface area contributed by atoms with Crippen molar-refractivity contribution in [2.75, 3.05) is 39.3 Å². The second-order valence-electron chi connectivity index (χ2n) is 11.5. The van der Waals surface area contributed by atoms with Crippen LogP contribution in [-0.4, -0.2) is 64.8 Å². The van der Waals surface area contributed by atoms with Crippen LogP contribution >= 0.6 is 0 Å². The number of nitrogens with zero attached hydrogens (tertiary/aromatic N) is 4. The number of hydrogen-bond donors (Lipinski definition) is 1. The van der Waals surface area contributed by atoms with Crippen molar-refractivity contribution in [2.24, 2.45) is 0 Å². The molecule has 0 spiro atoms. The molecule has 1 aromatic heterocycles. The zero-order valence-corrected chi connectivity index (χ0v) is 23.9. The van der Waals surface area contributed by atoms with Gasteiger partial charge in [0, 0.05) is 51.4 Å². The molecule has 1 saturated carbocycles. The third-order valence-corrected chi connectivity index (χ3v) is 8.65. The number of nitrogens with one attached hydrogen (secondary N) is 1. The third-order valence-electron chi connectivity index (χ3n) is 8.65. The first kappa shape index (κ1) is 27.4. The number of rotatable bonds is 9. The highest BCUT2D eigenvalue weighted by molar-refractivity contribution is 5.93.